The zero-order chi connectivity index (χ0) is 26.7. The van der Waals surface area contributed by atoms with Gasteiger partial charge in [0.05, 0.1) is 16.6 Å². The lowest BCUT2D eigenvalue weighted by Gasteiger charge is -2.58. The van der Waals surface area contributed by atoms with Crippen molar-refractivity contribution in [2.75, 3.05) is 0 Å². The maximum atomic E-state index is 13.6. The number of hydrogen-bond donors (Lipinski definition) is 2. The number of halogens is 3. The number of fused-ring (bicyclic) bond motifs is 1. The summed E-state index contributed by atoms with van der Waals surface area (Å²) < 4.78 is 46.6. The minimum atomic E-state index is -4.43. The van der Waals surface area contributed by atoms with E-state index in [0.717, 1.165) is 50.7 Å². The number of carboxylic acid groups (broad SMARTS) is 1. The van der Waals surface area contributed by atoms with Gasteiger partial charge in [-0.2, -0.15) is 13.2 Å². The van der Waals surface area contributed by atoms with Crippen molar-refractivity contribution in [2.24, 2.45) is 23.2 Å². The first-order valence-corrected chi connectivity index (χ1v) is 13.0. The molecule has 2 N–H and O–H groups in total. The molecule has 1 unspecified atom stereocenters. The van der Waals surface area contributed by atoms with Gasteiger partial charge in [-0.1, -0.05) is 12.1 Å². The number of aromatic nitrogens is 1. The Hall–Kier alpha value is -3.49. The Bertz CT molecular complexity index is 1340. The molecule has 0 spiro atoms. The predicted octanol–water partition coefficient (Wildman–Crippen LogP) is 5.94. The highest BCUT2D eigenvalue weighted by Crippen LogP contribution is 2.61. The number of nitrogens with one attached hydrogen (secondary N) is 1. The van der Waals surface area contributed by atoms with Gasteiger partial charge < -0.3 is 19.6 Å². The van der Waals surface area contributed by atoms with Crippen LogP contribution < -0.4 is 10.1 Å². The van der Waals surface area contributed by atoms with Gasteiger partial charge >= 0.3 is 12.1 Å². The SMILES string of the molecule is O=C(NC(C(=O)O)C12CC3CC(CC(C3)C1)C2)c1ccn2cccc2c1OCc1ccc(C(F)(F)F)cc1. The second-order valence-electron chi connectivity index (χ2n) is 11.4. The van der Waals surface area contributed by atoms with Crippen LogP contribution in [0.2, 0.25) is 0 Å². The number of amides is 1. The number of carboxylic acids is 1. The Kier molecular flexibility index (Phi) is 5.92. The van der Waals surface area contributed by atoms with Crippen LogP contribution in [0, 0.1) is 23.2 Å². The van der Waals surface area contributed by atoms with Crippen LogP contribution in [-0.4, -0.2) is 27.4 Å². The lowest BCUT2D eigenvalue weighted by molar-refractivity contribution is -0.150. The molecular weight excluding hydrogens is 497 g/mol. The molecule has 1 amide bonds. The van der Waals surface area contributed by atoms with E-state index in [1.807, 2.05) is 0 Å². The van der Waals surface area contributed by atoms with Gasteiger partial charge in [-0.15, -0.1) is 0 Å². The Morgan fingerprint density at radius 3 is 2.21 bits per heavy atom. The second-order valence-corrected chi connectivity index (χ2v) is 11.4. The van der Waals surface area contributed by atoms with Gasteiger partial charge in [-0.3, -0.25) is 4.79 Å². The fourth-order valence-electron chi connectivity index (χ4n) is 7.58. The lowest BCUT2D eigenvalue weighted by Crippen LogP contribution is -2.59. The second kappa shape index (κ2) is 9.06. The van der Waals surface area contributed by atoms with Crippen molar-refractivity contribution < 1.29 is 32.6 Å². The van der Waals surface area contributed by atoms with Gasteiger partial charge in [0.1, 0.15) is 12.6 Å². The van der Waals surface area contributed by atoms with Crippen LogP contribution in [-0.2, 0) is 17.6 Å². The van der Waals surface area contributed by atoms with Gasteiger partial charge in [0.15, 0.2) is 5.75 Å². The van der Waals surface area contributed by atoms with E-state index in [1.165, 1.54) is 12.1 Å². The maximum Gasteiger partial charge on any atom is 0.416 e. The van der Waals surface area contributed by atoms with E-state index in [9.17, 15) is 27.9 Å². The van der Waals surface area contributed by atoms with Crippen LogP contribution in [0.4, 0.5) is 13.2 Å². The molecule has 9 heteroatoms. The van der Waals surface area contributed by atoms with Crippen LogP contribution in [0.25, 0.3) is 5.52 Å². The number of alkyl halides is 3. The Balaban J connectivity index is 1.26. The standard InChI is InChI=1S/C29H29F3N2O4/c30-29(31,32)21-5-3-17(4-6-21)16-38-24-22(7-9-34-8-1-2-23(24)34)26(35)33-25(27(36)37)28-13-18-10-19(14-28)12-20(11-18)15-28/h1-9,18-20,25H,10-16H2,(H,33,35)(H,36,37). The van der Waals surface area contributed by atoms with Crippen molar-refractivity contribution >= 4 is 17.4 Å². The predicted molar refractivity (Wildman–Crippen MR) is 133 cm³/mol. The van der Waals surface area contributed by atoms with Crippen LogP contribution in [0.3, 0.4) is 0 Å². The van der Waals surface area contributed by atoms with Crippen LogP contribution >= 0.6 is 0 Å². The van der Waals surface area contributed by atoms with Gasteiger partial charge in [0.25, 0.3) is 5.91 Å². The number of hydrogen-bond acceptors (Lipinski definition) is 3. The first kappa shape index (κ1) is 24.8. The Morgan fingerprint density at radius 1 is 1.00 bits per heavy atom. The number of carbonyl (C=O) groups is 2. The molecular formula is C29H29F3N2O4. The highest BCUT2D eigenvalue weighted by Gasteiger charge is 2.56. The van der Waals surface area contributed by atoms with E-state index in [1.54, 1.807) is 35.0 Å². The molecule has 3 aromatic rings. The molecule has 4 aliphatic carbocycles. The molecule has 4 aliphatic rings. The van der Waals surface area contributed by atoms with Gasteiger partial charge in [0.2, 0.25) is 0 Å². The maximum absolute atomic E-state index is 13.6. The number of nitrogens with zero attached hydrogens (tertiary/aromatic N) is 1. The topological polar surface area (TPSA) is 80.0 Å². The average Bonchev–Trinajstić information content (AvgIpc) is 3.33. The Morgan fingerprint density at radius 2 is 1.63 bits per heavy atom. The zero-order valence-corrected chi connectivity index (χ0v) is 20.7. The van der Waals surface area contributed by atoms with Crippen molar-refractivity contribution in [3.05, 3.63) is 71.5 Å². The molecule has 2 heterocycles. The molecule has 38 heavy (non-hydrogen) atoms. The number of ether oxygens (including phenoxy) is 1. The summed E-state index contributed by atoms with van der Waals surface area (Å²) in [7, 11) is 0. The van der Waals surface area contributed by atoms with E-state index >= 15 is 0 Å². The van der Waals surface area contributed by atoms with E-state index in [0.29, 0.717) is 28.8 Å². The number of aliphatic carboxylic acids is 1. The molecule has 0 radical (unpaired) electrons. The summed E-state index contributed by atoms with van der Waals surface area (Å²) in [5, 5.41) is 13.1. The van der Waals surface area contributed by atoms with Gasteiger partial charge in [-0.25, -0.2) is 4.79 Å². The van der Waals surface area contributed by atoms with E-state index in [2.05, 4.69) is 5.32 Å². The summed E-state index contributed by atoms with van der Waals surface area (Å²) in [5.41, 5.74) is 0.121. The molecule has 6 nitrogen and oxygen atoms in total. The van der Waals surface area contributed by atoms with Crippen LogP contribution in [0.15, 0.2) is 54.9 Å². The third-order valence-electron chi connectivity index (χ3n) is 8.79. The third kappa shape index (κ3) is 4.41. The summed E-state index contributed by atoms with van der Waals surface area (Å²) in [6.45, 7) is -0.0550. The van der Waals surface area contributed by atoms with Crippen molar-refractivity contribution in [1.29, 1.82) is 0 Å². The average molecular weight is 527 g/mol. The molecule has 4 fully saturated rings. The summed E-state index contributed by atoms with van der Waals surface area (Å²) in [4.78, 5) is 26.1. The molecule has 0 aliphatic heterocycles. The number of rotatable bonds is 7. The molecule has 4 bridgehead atoms. The van der Waals surface area contributed by atoms with E-state index in [-0.39, 0.29) is 17.9 Å². The summed E-state index contributed by atoms with van der Waals surface area (Å²) >= 11 is 0. The summed E-state index contributed by atoms with van der Waals surface area (Å²) in [5.74, 6) is 0.291. The van der Waals surface area contributed by atoms with Crippen molar-refractivity contribution in [1.82, 2.24) is 9.72 Å². The largest absolute Gasteiger partial charge is 0.486 e. The number of pyridine rings is 1. The summed E-state index contributed by atoms with van der Waals surface area (Å²) in [6, 6.07) is 8.82. The molecule has 4 saturated carbocycles. The molecule has 2 aromatic heterocycles. The fourth-order valence-corrected chi connectivity index (χ4v) is 7.58. The van der Waals surface area contributed by atoms with Crippen LogP contribution in [0.5, 0.6) is 5.75 Å². The van der Waals surface area contributed by atoms with Crippen molar-refractivity contribution in [3.8, 4) is 5.75 Å². The van der Waals surface area contributed by atoms with E-state index in [4.69, 9.17) is 4.74 Å². The Labute approximate surface area is 217 Å². The number of benzene rings is 1. The van der Waals surface area contributed by atoms with E-state index < -0.39 is 35.1 Å². The monoisotopic (exact) mass is 526 g/mol. The summed E-state index contributed by atoms with van der Waals surface area (Å²) in [6.07, 6.45) is 5.01. The highest BCUT2D eigenvalue weighted by atomic mass is 19.4. The molecule has 7 rings (SSSR count). The minimum Gasteiger partial charge on any atom is -0.486 e. The fraction of sp³-hybridized carbons (Fsp3) is 0.448. The first-order chi connectivity index (χ1) is 18.1. The van der Waals surface area contributed by atoms with Crippen LogP contribution in [0.1, 0.15) is 60.0 Å². The first-order valence-electron chi connectivity index (χ1n) is 13.0. The number of carbonyl (C=O) groups excluding carboxylic acids is 1. The highest BCUT2D eigenvalue weighted by molar-refractivity contribution is 6.01. The third-order valence-corrected chi connectivity index (χ3v) is 8.79. The van der Waals surface area contributed by atoms with Crippen molar-refractivity contribution in [2.45, 2.75) is 57.3 Å². The minimum absolute atomic E-state index is 0.0550. The molecule has 1 aromatic carbocycles. The van der Waals surface area contributed by atoms with Gasteiger partial charge in [0, 0.05) is 17.8 Å². The normalized spacial score (nSPS) is 26.9. The van der Waals surface area contributed by atoms with Gasteiger partial charge in [-0.05, 0) is 92.2 Å². The smallest absolute Gasteiger partial charge is 0.416 e. The van der Waals surface area contributed by atoms with Crippen molar-refractivity contribution in [3.63, 3.8) is 0 Å². The molecule has 200 valence electrons. The molecule has 0 saturated heterocycles. The molecule has 1 atom stereocenters. The quantitative estimate of drug-likeness (QED) is 0.400. The lowest BCUT2D eigenvalue weighted by atomic mass is 9.47. The zero-order valence-electron chi connectivity index (χ0n) is 20.7.